The van der Waals surface area contributed by atoms with E-state index in [1.54, 1.807) is 7.11 Å². The zero-order chi connectivity index (χ0) is 11.3. The highest BCUT2D eigenvalue weighted by molar-refractivity contribution is 6.30. The molecule has 1 aliphatic rings. The van der Waals surface area contributed by atoms with Crippen molar-refractivity contribution < 1.29 is 9.53 Å². The van der Waals surface area contributed by atoms with Crippen molar-refractivity contribution in [1.29, 1.82) is 0 Å². The third kappa shape index (κ3) is 3.35. The van der Waals surface area contributed by atoms with Crippen LogP contribution in [0.5, 0.6) is 0 Å². The van der Waals surface area contributed by atoms with E-state index in [-0.39, 0.29) is 17.3 Å². The summed E-state index contributed by atoms with van der Waals surface area (Å²) in [5.41, 5.74) is 0. The van der Waals surface area contributed by atoms with E-state index in [1.807, 2.05) is 11.8 Å². The Balaban J connectivity index is 2.58. The van der Waals surface area contributed by atoms with Gasteiger partial charge in [-0.05, 0) is 25.7 Å². The van der Waals surface area contributed by atoms with Crippen LogP contribution in [0.2, 0.25) is 0 Å². The van der Waals surface area contributed by atoms with E-state index >= 15 is 0 Å². The molecule has 1 rings (SSSR count). The fourth-order valence-corrected chi connectivity index (χ4v) is 2.14. The quantitative estimate of drug-likeness (QED) is 0.696. The first-order valence-electron chi connectivity index (χ1n) is 5.64. The van der Waals surface area contributed by atoms with E-state index in [2.05, 4.69) is 0 Å². The molecule has 1 aliphatic heterocycles. The highest BCUT2D eigenvalue weighted by atomic mass is 35.5. The molecule has 1 saturated heterocycles. The fourth-order valence-electron chi connectivity index (χ4n) is 2.01. The van der Waals surface area contributed by atoms with Gasteiger partial charge in [-0.2, -0.15) is 0 Å². The smallest absolute Gasteiger partial charge is 0.240 e. The van der Waals surface area contributed by atoms with Crippen LogP contribution in [0.4, 0.5) is 0 Å². The molecular formula is C11H20ClNO2. The number of carbonyl (C=O) groups excluding carboxylic acids is 1. The van der Waals surface area contributed by atoms with Crippen LogP contribution in [-0.2, 0) is 9.53 Å². The van der Waals surface area contributed by atoms with Crippen LogP contribution in [0.25, 0.3) is 0 Å². The minimum absolute atomic E-state index is 0.0703. The number of ether oxygens (including phenoxy) is 1. The first kappa shape index (κ1) is 12.8. The lowest BCUT2D eigenvalue weighted by molar-refractivity contribution is -0.135. The van der Waals surface area contributed by atoms with E-state index in [9.17, 15) is 4.79 Å². The van der Waals surface area contributed by atoms with Crippen molar-refractivity contribution in [3.8, 4) is 0 Å². The molecule has 0 radical (unpaired) electrons. The average molecular weight is 234 g/mol. The SMILES string of the molecule is CCC(Cl)C(=O)N1CCCCC1COC. The molecule has 0 bridgehead atoms. The second kappa shape index (κ2) is 6.33. The Morgan fingerprint density at radius 1 is 1.60 bits per heavy atom. The molecule has 1 fully saturated rings. The van der Waals surface area contributed by atoms with Crippen LogP contribution < -0.4 is 0 Å². The van der Waals surface area contributed by atoms with Crippen LogP contribution in [-0.4, -0.2) is 42.5 Å². The molecule has 0 aromatic rings. The molecule has 4 heteroatoms. The second-order valence-electron chi connectivity index (χ2n) is 4.01. The van der Waals surface area contributed by atoms with Gasteiger partial charge in [-0.25, -0.2) is 0 Å². The number of piperidine rings is 1. The highest BCUT2D eigenvalue weighted by Crippen LogP contribution is 2.20. The zero-order valence-electron chi connectivity index (χ0n) is 9.54. The standard InChI is InChI=1S/C11H20ClNO2/c1-3-10(12)11(14)13-7-5-4-6-9(13)8-15-2/h9-10H,3-8H2,1-2H3. The van der Waals surface area contributed by atoms with Gasteiger partial charge in [-0.15, -0.1) is 11.6 Å². The Morgan fingerprint density at radius 3 is 2.93 bits per heavy atom. The Kier molecular flexibility index (Phi) is 5.40. The number of carbonyl (C=O) groups is 1. The number of methoxy groups -OCH3 is 1. The molecule has 2 atom stereocenters. The molecular weight excluding hydrogens is 214 g/mol. The van der Waals surface area contributed by atoms with Gasteiger partial charge in [0.2, 0.25) is 5.91 Å². The largest absolute Gasteiger partial charge is 0.383 e. The maximum atomic E-state index is 12.0. The maximum absolute atomic E-state index is 12.0. The summed E-state index contributed by atoms with van der Waals surface area (Å²) in [7, 11) is 1.68. The Labute approximate surface area is 96.7 Å². The molecule has 0 aromatic heterocycles. The summed E-state index contributed by atoms with van der Waals surface area (Å²) in [5, 5.41) is -0.373. The summed E-state index contributed by atoms with van der Waals surface area (Å²) in [5.74, 6) is 0.0703. The van der Waals surface area contributed by atoms with Crippen LogP contribution in [0.1, 0.15) is 32.6 Å². The number of hydrogen-bond donors (Lipinski definition) is 0. The summed E-state index contributed by atoms with van der Waals surface area (Å²) < 4.78 is 5.14. The molecule has 0 spiro atoms. The first-order chi connectivity index (χ1) is 7.20. The molecule has 0 saturated carbocycles. The molecule has 1 amide bonds. The predicted molar refractivity (Wildman–Crippen MR) is 61.2 cm³/mol. The highest BCUT2D eigenvalue weighted by Gasteiger charge is 2.29. The van der Waals surface area contributed by atoms with Crippen molar-refractivity contribution >= 4 is 17.5 Å². The van der Waals surface area contributed by atoms with E-state index in [4.69, 9.17) is 16.3 Å². The summed E-state index contributed by atoms with van der Waals surface area (Å²) >= 11 is 5.98. The number of hydrogen-bond acceptors (Lipinski definition) is 2. The lowest BCUT2D eigenvalue weighted by Crippen LogP contribution is -2.48. The minimum atomic E-state index is -0.373. The van der Waals surface area contributed by atoms with E-state index in [0.717, 1.165) is 19.4 Å². The van der Waals surface area contributed by atoms with E-state index in [1.165, 1.54) is 6.42 Å². The van der Waals surface area contributed by atoms with Crippen LogP contribution in [0.15, 0.2) is 0 Å². The first-order valence-corrected chi connectivity index (χ1v) is 6.07. The number of nitrogens with zero attached hydrogens (tertiary/aromatic N) is 1. The Morgan fingerprint density at radius 2 is 2.33 bits per heavy atom. The van der Waals surface area contributed by atoms with E-state index < -0.39 is 0 Å². The third-order valence-electron chi connectivity index (χ3n) is 2.90. The second-order valence-corrected chi connectivity index (χ2v) is 4.54. The summed E-state index contributed by atoms with van der Waals surface area (Å²) in [6, 6.07) is 0.226. The summed E-state index contributed by atoms with van der Waals surface area (Å²) in [6.07, 6.45) is 3.99. The topological polar surface area (TPSA) is 29.5 Å². The number of rotatable bonds is 4. The van der Waals surface area contributed by atoms with Crippen molar-refractivity contribution in [2.75, 3.05) is 20.3 Å². The monoisotopic (exact) mass is 233 g/mol. The Hall–Kier alpha value is -0.280. The van der Waals surface area contributed by atoms with E-state index in [0.29, 0.717) is 13.0 Å². The molecule has 1 heterocycles. The van der Waals surface area contributed by atoms with Gasteiger partial charge in [-0.1, -0.05) is 6.92 Å². The average Bonchev–Trinajstić information content (AvgIpc) is 2.28. The normalized spacial score (nSPS) is 23.9. The lowest BCUT2D eigenvalue weighted by Gasteiger charge is -2.36. The number of amides is 1. The van der Waals surface area contributed by atoms with Gasteiger partial charge in [-0.3, -0.25) is 4.79 Å². The third-order valence-corrected chi connectivity index (χ3v) is 3.39. The van der Waals surface area contributed by atoms with Gasteiger partial charge in [0, 0.05) is 13.7 Å². The Bertz CT molecular complexity index is 209. The predicted octanol–water partition coefficient (Wildman–Crippen LogP) is 2.03. The maximum Gasteiger partial charge on any atom is 0.240 e. The molecule has 0 aromatic carbocycles. The van der Waals surface area contributed by atoms with Gasteiger partial charge in [0.1, 0.15) is 5.38 Å². The molecule has 0 aliphatic carbocycles. The molecule has 15 heavy (non-hydrogen) atoms. The molecule has 2 unspecified atom stereocenters. The van der Waals surface area contributed by atoms with Crippen molar-refractivity contribution in [2.45, 2.75) is 44.0 Å². The number of halogens is 1. The van der Waals surface area contributed by atoms with Gasteiger partial charge < -0.3 is 9.64 Å². The minimum Gasteiger partial charge on any atom is -0.383 e. The van der Waals surface area contributed by atoms with Crippen LogP contribution >= 0.6 is 11.6 Å². The van der Waals surface area contributed by atoms with Crippen molar-refractivity contribution in [3.63, 3.8) is 0 Å². The number of alkyl halides is 1. The molecule has 88 valence electrons. The zero-order valence-corrected chi connectivity index (χ0v) is 10.3. The van der Waals surface area contributed by atoms with Gasteiger partial charge in [0.25, 0.3) is 0 Å². The molecule has 3 nitrogen and oxygen atoms in total. The fraction of sp³-hybridized carbons (Fsp3) is 0.909. The van der Waals surface area contributed by atoms with Gasteiger partial charge in [0.05, 0.1) is 12.6 Å². The lowest BCUT2D eigenvalue weighted by atomic mass is 10.0. The summed E-state index contributed by atoms with van der Waals surface area (Å²) in [4.78, 5) is 13.8. The molecule has 0 N–H and O–H groups in total. The van der Waals surface area contributed by atoms with Crippen LogP contribution in [0.3, 0.4) is 0 Å². The van der Waals surface area contributed by atoms with Gasteiger partial charge in [0.15, 0.2) is 0 Å². The van der Waals surface area contributed by atoms with Crippen molar-refractivity contribution in [2.24, 2.45) is 0 Å². The van der Waals surface area contributed by atoms with Gasteiger partial charge >= 0.3 is 0 Å². The van der Waals surface area contributed by atoms with Crippen molar-refractivity contribution in [1.82, 2.24) is 4.90 Å². The van der Waals surface area contributed by atoms with Crippen LogP contribution in [0, 0.1) is 0 Å². The van der Waals surface area contributed by atoms with Crippen molar-refractivity contribution in [3.05, 3.63) is 0 Å². The number of likely N-dealkylation sites (tertiary alicyclic amines) is 1. The summed E-state index contributed by atoms with van der Waals surface area (Å²) in [6.45, 7) is 3.39.